The SMILES string of the molecule is Cc1ccc([Si](C)(O)c2ccc(C)cc2)cc1. The first-order chi connectivity index (χ1) is 8.00. The third-order valence-electron chi connectivity index (χ3n) is 3.23. The molecule has 0 radical (unpaired) electrons. The van der Waals surface area contributed by atoms with Gasteiger partial charge in [0.05, 0.1) is 0 Å². The molecule has 88 valence electrons. The second-order valence-electron chi connectivity index (χ2n) is 4.80. The minimum Gasteiger partial charge on any atom is -0.424 e. The van der Waals surface area contributed by atoms with Gasteiger partial charge in [-0.3, -0.25) is 0 Å². The van der Waals surface area contributed by atoms with Crippen LogP contribution in [0, 0.1) is 13.8 Å². The minimum atomic E-state index is -2.50. The van der Waals surface area contributed by atoms with Gasteiger partial charge in [0, 0.05) is 0 Å². The molecule has 2 rings (SSSR count). The second-order valence-corrected chi connectivity index (χ2v) is 8.10. The molecule has 17 heavy (non-hydrogen) atoms. The zero-order valence-electron chi connectivity index (χ0n) is 10.6. The third kappa shape index (κ3) is 2.48. The fraction of sp³-hybridized carbons (Fsp3) is 0.200. The number of aryl methyl sites for hydroxylation is 2. The van der Waals surface area contributed by atoms with Crippen LogP contribution in [-0.2, 0) is 0 Å². The van der Waals surface area contributed by atoms with Gasteiger partial charge in [-0.1, -0.05) is 59.7 Å². The van der Waals surface area contributed by atoms with Crippen molar-refractivity contribution < 1.29 is 4.80 Å². The Morgan fingerprint density at radius 2 is 1.00 bits per heavy atom. The van der Waals surface area contributed by atoms with Gasteiger partial charge in [0.1, 0.15) is 0 Å². The molecule has 2 heteroatoms. The van der Waals surface area contributed by atoms with Crippen molar-refractivity contribution in [1.29, 1.82) is 0 Å². The van der Waals surface area contributed by atoms with Crippen molar-refractivity contribution in [2.24, 2.45) is 0 Å². The first kappa shape index (κ1) is 12.1. The molecule has 0 heterocycles. The molecular weight excluding hydrogens is 224 g/mol. The molecular formula is C15H18OSi. The maximum Gasteiger partial charge on any atom is 0.249 e. The van der Waals surface area contributed by atoms with Crippen LogP contribution in [0.4, 0.5) is 0 Å². The standard InChI is InChI=1S/C15H18OSi/c1-12-4-8-14(9-5-12)17(3,16)15-10-6-13(2)7-11-15/h4-11,16H,1-3H3. The monoisotopic (exact) mass is 242 g/mol. The molecule has 1 N–H and O–H groups in total. The van der Waals surface area contributed by atoms with Crippen LogP contribution in [0.5, 0.6) is 0 Å². The van der Waals surface area contributed by atoms with E-state index in [1.54, 1.807) is 0 Å². The van der Waals surface area contributed by atoms with E-state index in [-0.39, 0.29) is 0 Å². The summed E-state index contributed by atoms with van der Waals surface area (Å²) < 4.78 is 0. The highest BCUT2D eigenvalue weighted by Crippen LogP contribution is 2.04. The van der Waals surface area contributed by atoms with Crippen molar-refractivity contribution in [2.75, 3.05) is 0 Å². The molecule has 0 atom stereocenters. The van der Waals surface area contributed by atoms with Gasteiger partial charge in [-0.15, -0.1) is 0 Å². The first-order valence-electron chi connectivity index (χ1n) is 5.87. The quantitative estimate of drug-likeness (QED) is 0.799. The van der Waals surface area contributed by atoms with E-state index >= 15 is 0 Å². The Kier molecular flexibility index (Phi) is 3.18. The van der Waals surface area contributed by atoms with Crippen molar-refractivity contribution in [1.82, 2.24) is 0 Å². The van der Waals surface area contributed by atoms with Crippen LogP contribution in [0.1, 0.15) is 11.1 Å². The fourth-order valence-electron chi connectivity index (χ4n) is 1.92. The predicted molar refractivity (Wildman–Crippen MR) is 75.5 cm³/mol. The summed E-state index contributed by atoms with van der Waals surface area (Å²) in [5, 5.41) is 2.12. The van der Waals surface area contributed by atoms with E-state index in [4.69, 9.17) is 0 Å². The van der Waals surface area contributed by atoms with Gasteiger partial charge in [-0.05, 0) is 30.8 Å². The highest BCUT2D eigenvalue weighted by Gasteiger charge is 2.29. The van der Waals surface area contributed by atoms with Gasteiger partial charge < -0.3 is 4.80 Å². The average molecular weight is 242 g/mol. The van der Waals surface area contributed by atoms with E-state index < -0.39 is 8.32 Å². The van der Waals surface area contributed by atoms with Crippen LogP contribution < -0.4 is 10.4 Å². The molecule has 0 saturated carbocycles. The summed E-state index contributed by atoms with van der Waals surface area (Å²) >= 11 is 0. The highest BCUT2D eigenvalue weighted by atomic mass is 28.4. The Morgan fingerprint density at radius 3 is 1.29 bits per heavy atom. The number of benzene rings is 2. The molecule has 0 aliphatic rings. The zero-order valence-corrected chi connectivity index (χ0v) is 11.6. The normalized spacial score (nSPS) is 11.5. The molecule has 2 aromatic rings. The Hall–Kier alpha value is -1.38. The Morgan fingerprint density at radius 1 is 0.706 bits per heavy atom. The summed E-state index contributed by atoms with van der Waals surface area (Å²) in [6.07, 6.45) is 0. The maximum atomic E-state index is 10.8. The molecule has 0 aliphatic heterocycles. The summed E-state index contributed by atoms with van der Waals surface area (Å²) in [7, 11) is -2.50. The second kappa shape index (κ2) is 4.47. The van der Waals surface area contributed by atoms with Crippen LogP contribution in [0.25, 0.3) is 0 Å². The first-order valence-corrected chi connectivity index (χ1v) is 8.31. The predicted octanol–water partition coefficient (Wildman–Crippen LogP) is 1.99. The number of hydrogen-bond donors (Lipinski definition) is 1. The largest absolute Gasteiger partial charge is 0.424 e. The van der Waals surface area contributed by atoms with Crippen molar-refractivity contribution in [3.63, 3.8) is 0 Å². The van der Waals surface area contributed by atoms with E-state index in [1.165, 1.54) is 11.1 Å². The van der Waals surface area contributed by atoms with Crippen LogP contribution in [0.15, 0.2) is 48.5 Å². The fourth-order valence-corrected chi connectivity index (χ4v) is 3.89. The van der Waals surface area contributed by atoms with Crippen molar-refractivity contribution in [2.45, 2.75) is 20.4 Å². The summed E-state index contributed by atoms with van der Waals surface area (Å²) in [6.45, 7) is 6.10. The van der Waals surface area contributed by atoms with E-state index in [0.717, 1.165) is 10.4 Å². The van der Waals surface area contributed by atoms with Crippen molar-refractivity contribution >= 4 is 18.7 Å². The van der Waals surface area contributed by atoms with E-state index in [0.29, 0.717) is 0 Å². The van der Waals surface area contributed by atoms with Crippen LogP contribution in [-0.4, -0.2) is 13.1 Å². The van der Waals surface area contributed by atoms with Gasteiger partial charge in [0.2, 0.25) is 8.32 Å². The van der Waals surface area contributed by atoms with Crippen molar-refractivity contribution in [3.05, 3.63) is 59.7 Å². The summed E-state index contributed by atoms with van der Waals surface area (Å²) in [4.78, 5) is 10.8. The van der Waals surface area contributed by atoms with Gasteiger partial charge >= 0.3 is 0 Å². The summed E-state index contributed by atoms with van der Waals surface area (Å²) in [6, 6.07) is 16.4. The molecule has 0 fully saturated rings. The van der Waals surface area contributed by atoms with Crippen molar-refractivity contribution in [3.8, 4) is 0 Å². The van der Waals surface area contributed by atoms with Gasteiger partial charge in [0.15, 0.2) is 0 Å². The lowest BCUT2D eigenvalue weighted by Gasteiger charge is -2.21. The Labute approximate surface area is 104 Å². The highest BCUT2D eigenvalue weighted by molar-refractivity contribution is 6.95. The topological polar surface area (TPSA) is 20.2 Å². The lowest BCUT2D eigenvalue weighted by atomic mass is 10.2. The smallest absolute Gasteiger partial charge is 0.249 e. The maximum absolute atomic E-state index is 10.8. The summed E-state index contributed by atoms with van der Waals surface area (Å²) in [5.41, 5.74) is 2.45. The van der Waals surface area contributed by atoms with E-state index in [1.807, 2.05) is 30.8 Å². The lowest BCUT2D eigenvalue weighted by molar-refractivity contribution is 0.576. The summed E-state index contributed by atoms with van der Waals surface area (Å²) in [5.74, 6) is 0. The lowest BCUT2D eigenvalue weighted by Crippen LogP contribution is -2.55. The van der Waals surface area contributed by atoms with Crippen LogP contribution >= 0.6 is 0 Å². The molecule has 1 nitrogen and oxygen atoms in total. The van der Waals surface area contributed by atoms with Crippen LogP contribution in [0.2, 0.25) is 6.55 Å². The van der Waals surface area contributed by atoms with Gasteiger partial charge in [-0.25, -0.2) is 0 Å². The van der Waals surface area contributed by atoms with Crippen LogP contribution in [0.3, 0.4) is 0 Å². The number of hydrogen-bond acceptors (Lipinski definition) is 1. The molecule has 0 unspecified atom stereocenters. The molecule has 0 aromatic heterocycles. The molecule has 2 aromatic carbocycles. The van der Waals surface area contributed by atoms with E-state index in [9.17, 15) is 4.80 Å². The molecule has 0 aliphatic carbocycles. The number of rotatable bonds is 2. The Balaban J connectivity index is 2.41. The Bertz CT molecular complexity index is 450. The van der Waals surface area contributed by atoms with E-state index in [2.05, 4.69) is 38.1 Å². The minimum absolute atomic E-state index is 1.06. The third-order valence-corrected chi connectivity index (χ3v) is 6.14. The molecule has 0 amide bonds. The zero-order chi connectivity index (χ0) is 12.5. The molecule has 0 saturated heterocycles. The molecule has 0 bridgehead atoms. The van der Waals surface area contributed by atoms with Gasteiger partial charge in [0.25, 0.3) is 0 Å². The average Bonchev–Trinajstić information content (AvgIpc) is 2.30. The van der Waals surface area contributed by atoms with Gasteiger partial charge in [-0.2, -0.15) is 0 Å². The molecule has 0 spiro atoms.